The van der Waals surface area contributed by atoms with Crippen LogP contribution in [0.3, 0.4) is 0 Å². The first-order valence-corrected chi connectivity index (χ1v) is 14.8. The molecular formula is C37H24N2O8. The second kappa shape index (κ2) is 9.79. The third kappa shape index (κ3) is 3.78. The summed E-state index contributed by atoms with van der Waals surface area (Å²) in [6, 6.07) is 24.9. The zero-order valence-corrected chi connectivity index (χ0v) is 24.5. The molecule has 230 valence electrons. The van der Waals surface area contributed by atoms with Crippen LogP contribution in [0.25, 0.3) is 32.7 Å². The van der Waals surface area contributed by atoms with Gasteiger partial charge in [0.15, 0.2) is 46.0 Å². The van der Waals surface area contributed by atoms with E-state index in [1.165, 1.54) is 24.6 Å². The maximum Gasteiger partial charge on any atom is 0.231 e. The first kappa shape index (κ1) is 26.9. The highest BCUT2D eigenvalue weighted by molar-refractivity contribution is 6.06. The molecule has 0 unspecified atom stereocenters. The molecule has 6 aromatic rings. The van der Waals surface area contributed by atoms with E-state index in [1.807, 2.05) is 60.7 Å². The van der Waals surface area contributed by atoms with E-state index < -0.39 is 5.66 Å². The molecule has 2 heterocycles. The lowest BCUT2D eigenvalue weighted by molar-refractivity contribution is 0.173. The van der Waals surface area contributed by atoms with Gasteiger partial charge in [-0.1, -0.05) is 48.5 Å². The van der Waals surface area contributed by atoms with Gasteiger partial charge in [0.2, 0.25) is 19.2 Å². The number of benzene rings is 6. The van der Waals surface area contributed by atoms with Crippen molar-refractivity contribution in [3.05, 3.63) is 107 Å². The summed E-state index contributed by atoms with van der Waals surface area (Å²) in [6.07, 6.45) is 2.98. The maximum absolute atomic E-state index is 11.1. The Morgan fingerprint density at radius 1 is 0.553 bits per heavy atom. The molecule has 10 nitrogen and oxygen atoms in total. The molecule has 3 aliphatic rings. The Kier molecular flexibility index (Phi) is 5.61. The van der Waals surface area contributed by atoms with Crippen LogP contribution in [0.5, 0.6) is 46.0 Å². The molecule has 6 aromatic carbocycles. The van der Waals surface area contributed by atoms with Gasteiger partial charge >= 0.3 is 0 Å². The third-order valence-electron chi connectivity index (χ3n) is 8.92. The van der Waals surface area contributed by atoms with Gasteiger partial charge in [-0.05, 0) is 57.9 Å². The SMILES string of the molecule is Oc1cc2ccccc2c(C=NC2(N=Cc3c(O)c(O)cc4ccccc34)c3ccc4c(c3-c3c2ccc2c3OCO2)OCO4)c1O. The number of aromatic hydroxyl groups is 4. The Balaban J connectivity index is 1.37. The highest BCUT2D eigenvalue weighted by Gasteiger charge is 2.48. The number of nitrogens with zero attached hydrogens (tertiary/aromatic N) is 2. The zero-order chi connectivity index (χ0) is 31.9. The predicted octanol–water partition coefficient (Wildman–Crippen LogP) is 6.69. The monoisotopic (exact) mass is 624 g/mol. The summed E-state index contributed by atoms with van der Waals surface area (Å²) < 4.78 is 23.5. The van der Waals surface area contributed by atoms with Crippen LogP contribution in [0, 0.1) is 0 Å². The molecule has 4 N–H and O–H groups in total. The lowest BCUT2D eigenvalue weighted by Crippen LogP contribution is -2.21. The van der Waals surface area contributed by atoms with E-state index >= 15 is 0 Å². The van der Waals surface area contributed by atoms with E-state index in [2.05, 4.69) is 0 Å². The number of hydrogen-bond donors (Lipinski definition) is 4. The number of ether oxygens (including phenoxy) is 4. The summed E-state index contributed by atoms with van der Waals surface area (Å²) in [7, 11) is 0. The fraction of sp³-hybridized carbons (Fsp3) is 0.0811. The minimum atomic E-state index is -1.54. The average Bonchev–Trinajstić information content (AvgIpc) is 3.82. The number of hydrogen-bond acceptors (Lipinski definition) is 10. The fourth-order valence-corrected chi connectivity index (χ4v) is 6.75. The smallest absolute Gasteiger partial charge is 0.231 e. The zero-order valence-electron chi connectivity index (χ0n) is 24.5. The van der Waals surface area contributed by atoms with Crippen molar-refractivity contribution >= 4 is 34.0 Å². The predicted molar refractivity (Wildman–Crippen MR) is 175 cm³/mol. The van der Waals surface area contributed by atoms with Gasteiger partial charge in [-0.25, -0.2) is 0 Å². The molecular weight excluding hydrogens is 600 g/mol. The van der Waals surface area contributed by atoms with Crippen molar-refractivity contribution in [3.63, 3.8) is 0 Å². The van der Waals surface area contributed by atoms with Crippen molar-refractivity contribution in [2.24, 2.45) is 9.98 Å². The van der Waals surface area contributed by atoms with Crippen LogP contribution in [0.1, 0.15) is 22.3 Å². The van der Waals surface area contributed by atoms with Crippen molar-refractivity contribution in [1.82, 2.24) is 0 Å². The van der Waals surface area contributed by atoms with Gasteiger partial charge in [0.25, 0.3) is 0 Å². The van der Waals surface area contributed by atoms with Gasteiger partial charge in [-0.3, -0.25) is 9.98 Å². The molecule has 0 amide bonds. The van der Waals surface area contributed by atoms with Gasteiger partial charge in [-0.2, -0.15) is 0 Å². The van der Waals surface area contributed by atoms with Gasteiger partial charge in [-0.15, -0.1) is 0 Å². The van der Waals surface area contributed by atoms with Crippen LogP contribution in [0.4, 0.5) is 0 Å². The molecule has 0 saturated carbocycles. The minimum Gasteiger partial charge on any atom is -0.504 e. The number of aliphatic imine (C=N–C) groups is 2. The molecule has 0 spiro atoms. The normalized spacial score (nSPS) is 15.2. The lowest BCUT2D eigenvalue weighted by Gasteiger charge is -2.24. The molecule has 0 atom stereocenters. The third-order valence-corrected chi connectivity index (χ3v) is 8.92. The topological polar surface area (TPSA) is 143 Å². The number of phenols is 4. The summed E-state index contributed by atoms with van der Waals surface area (Å²) in [4.78, 5) is 10.3. The van der Waals surface area contributed by atoms with Gasteiger partial charge in [0.05, 0.1) is 0 Å². The van der Waals surface area contributed by atoms with E-state index in [0.717, 1.165) is 0 Å². The summed E-state index contributed by atoms with van der Waals surface area (Å²) in [5.41, 5.74) is 1.57. The summed E-state index contributed by atoms with van der Waals surface area (Å²) >= 11 is 0. The van der Waals surface area contributed by atoms with E-state index in [9.17, 15) is 20.4 Å². The van der Waals surface area contributed by atoms with E-state index in [4.69, 9.17) is 28.9 Å². The highest BCUT2D eigenvalue weighted by atomic mass is 16.7. The summed E-state index contributed by atoms with van der Waals surface area (Å²) in [5.74, 6) is 0.825. The standard InChI is InChI=1S/C37H24N2O8/c40-27-13-19-5-1-3-7-21(19)23(33(27)42)15-38-37(39-16-24-22-8-4-2-6-20(22)14-28(41)34(24)43)25-9-11-29-35(46-17-44-29)31(25)32-26(37)10-12-30-36(32)47-18-45-30/h1-16,40-43H,17-18H2. The van der Waals surface area contributed by atoms with Crippen LogP contribution in [0.2, 0.25) is 0 Å². The molecule has 9 rings (SSSR count). The van der Waals surface area contributed by atoms with Crippen LogP contribution >= 0.6 is 0 Å². The second-order valence-electron chi connectivity index (χ2n) is 11.4. The van der Waals surface area contributed by atoms with Crippen LogP contribution in [-0.4, -0.2) is 46.4 Å². The van der Waals surface area contributed by atoms with Crippen molar-refractivity contribution in [3.8, 4) is 57.1 Å². The Morgan fingerprint density at radius 2 is 1.00 bits per heavy atom. The van der Waals surface area contributed by atoms with Gasteiger partial charge in [0, 0.05) is 45.8 Å². The van der Waals surface area contributed by atoms with Gasteiger partial charge < -0.3 is 39.4 Å². The second-order valence-corrected chi connectivity index (χ2v) is 11.4. The lowest BCUT2D eigenvalue weighted by atomic mass is 9.96. The molecule has 0 fully saturated rings. The Morgan fingerprint density at radius 3 is 1.47 bits per heavy atom. The molecule has 10 heteroatoms. The first-order valence-electron chi connectivity index (χ1n) is 14.8. The molecule has 0 radical (unpaired) electrons. The Labute approximate surface area is 266 Å². The quantitative estimate of drug-likeness (QED) is 0.126. The summed E-state index contributed by atoms with van der Waals surface area (Å²) in [5, 5.41) is 46.2. The summed E-state index contributed by atoms with van der Waals surface area (Å²) in [6.45, 7) is 0.0543. The Hall–Kier alpha value is -6.42. The maximum atomic E-state index is 11.1. The first-order chi connectivity index (χ1) is 22.9. The van der Waals surface area contributed by atoms with Crippen LogP contribution < -0.4 is 18.9 Å². The molecule has 47 heavy (non-hydrogen) atoms. The van der Waals surface area contributed by atoms with Crippen LogP contribution in [-0.2, 0) is 5.66 Å². The Bertz CT molecular complexity index is 2220. The highest BCUT2D eigenvalue weighted by Crippen LogP contribution is 2.62. The number of fused-ring (bicyclic) bond motifs is 9. The van der Waals surface area contributed by atoms with Crippen LogP contribution in [0.15, 0.2) is 94.9 Å². The van der Waals surface area contributed by atoms with E-state index in [-0.39, 0.29) is 47.7 Å². The van der Waals surface area contributed by atoms with Gasteiger partial charge in [0.1, 0.15) is 0 Å². The van der Waals surface area contributed by atoms with E-state index in [0.29, 0.717) is 66.8 Å². The number of rotatable bonds is 4. The van der Waals surface area contributed by atoms with Crippen molar-refractivity contribution in [2.45, 2.75) is 5.66 Å². The molecule has 2 aliphatic heterocycles. The molecule has 0 saturated heterocycles. The van der Waals surface area contributed by atoms with Crippen molar-refractivity contribution in [2.75, 3.05) is 13.6 Å². The minimum absolute atomic E-state index is 0.0271. The molecule has 0 bridgehead atoms. The van der Waals surface area contributed by atoms with Crippen molar-refractivity contribution < 1.29 is 39.4 Å². The average molecular weight is 625 g/mol. The van der Waals surface area contributed by atoms with Crippen molar-refractivity contribution in [1.29, 1.82) is 0 Å². The fourth-order valence-electron chi connectivity index (χ4n) is 6.75. The molecule has 0 aromatic heterocycles. The number of phenolic OH excluding ortho intramolecular Hbond substituents is 4. The largest absolute Gasteiger partial charge is 0.504 e. The van der Waals surface area contributed by atoms with E-state index in [1.54, 1.807) is 12.1 Å². The molecule has 1 aliphatic carbocycles.